The topological polar surface area (TPSA) is 50.7 Å². The van der Waals surface area contributed by atoms with Crippen LogP contribution in [0, 0.1) is 0 Å². The Morgan fingerprint density at radius 2 is 2.05 bits per heavy atom. The van der Waals surface area contributed by atoms with E-state index >= 15 is 0 Å². The fourth-order valence-electron chi connectivity index (χ4n) is 1.35. The summed E-state index contributed by atoms with van der Waals surface area (Å²) in [5.74, 6) is -0.187. The summed E-state index contributed by atoms with van der Waals surface area (Å²) >= 11 is 11.2. The van der Waals surface area contributed by atoms with Gasteiger partial charge < -0.3 is 5.32 Å². The van der Waals surface area contributed by atoms with Gasteiger partial charge in [0.1, 0.15) is 15.7 Å². The van der Waals surface area contributed by atoms with Crippen LogP contribution in [0.15, 0.2) is 12.3 Å². The van der Waals surface area contributed by atoms with Crippen molar-refractivity contribution in [3.63, 3.8) is 0 Å². The summed E-state index contributed by atoms with van der Waals surface area (Å²) in [6.07, 6.45) is -6.93. The van der Waals surface area contributed by atoms with Crippen molar-refractivity contribution in [3.05, 3.63) is 33.4 Å². The number of pyridine rings is 1. The minimum absolute atomic E-state index is 0.109. The highest BCUT2D eigenvalue weighted by molar-refractivity contribution is 7.81. The molecular formula is C10H4ClF5N4S2. The number of halogens is 6. The number of nitrogens with one attached hydrogen (secondary N) is 1. The maximum atomic E-state index is 12.7. The van der Waals surface area contributed by atoms with Gasteiger partial charge in [-0.2, -0.15) is 13.2 Å². The number of aromatic nitrogens is 3. The molecule has 0 aromatic carbocycles. The molecule has 2 aromatic rings. The van der Waals surface area contributed by atoms with E-state index in [1.165, 1.54) is 0 Å². The molecule has 2 aromatic heterocycles. The molecule has 0 saturated carbocycles. The molecule has 0 atom stereocenters. The molecule has 0 spiro atoms. The third-order valence-corrected chi connectivity index (χ3v) is 3.81. The molecule has 0 bridgehead atoms. The van der Waals surface area contributed by atoms with Gasteiger partial charge in [0.25, 0.3) is 6.43 Å². The molecule has 22 heavy (non-hydrogen) atoms. The first-order valence-corrected chi connectivity index (χ1v) is 6.90. The predicted molar refractivity (Wildman–Crippen MR) is 74.4 cm³/mol. The average Bonchev–Trinajstić information content (AvgIpc) is 2.89. The minimum Gasteiger partial charge on any atom is -0.329 e. The Kier molecular flexibility index (Phi) is 4.87. The molecular weight excluding hydrogens is 371 g/mol. The van der Waals surface area contributed by atoms with E-state index in [1.54, 1.807) is 0 Å². The lowest BCUT2D eigenvalue weighted by Crippen LogP contribution is -2.14. The molecule has 2 heterocycles. The number of thiocarbonyl (C=S) groups is 1. The predicted octanol–water partition coefficient (Wildman–Crippen LogP) is 4.33. The normalized spacial score (nSPS) is 11.8. The summed E-state index contributed by atoms with van der Waals surface area (Å²) < 4.78 is 66.2. The first-order chi connectivity index (χ1) is 10.2. The van der Waals surface area contributed by atoms with Gasteiger partial charge in [-0.25, -0.2) is 13.8 Å². The zero-order chi connectivity index (χ0) is 16.5. The Balaban J connectivity index is 2.24. The number of hydrogen-bond donors (Lipinski definition) is 1. The smallest absolute Gasteiger partial charge is 0.329 e. The Labute approximate surface area is 134 Å². The summed E-state index contributed by atoms with van der Waals surface area (Å²) in [7, 11) is 0. The van der Waals surface area contributed by atoms with Gasteiger partial charge in [0.15, 0.2) is 5.69 Å². The number of alkyl halides is 5. The van der Waals surface area contributed by atoms with Crippen molar-refractivity contribution in [1.82, 2.24) is 14.6 Å². The molecule has 0 aliphatic carbocycles. The molecule has 0 radical (unpaired) electrons. The van der Waals surface area contributed by atoms with Crippen LogP contribution in [0.25, 0.3) is 0 Å². The molecule has 1 N–H and O–H groups in total. The zero-order valence-electron chi connectivity index (χ0n) is 10.2. The Morgan fingerprint density at radius 3 is 2.59 bits per heavy atom. The standard InChI is InChI=1S/C10H4ClF5N4S2/c11-4-1-3(10(14,15)16)2-17-8(4)18-9(21)6-5(7(12)13)19-20-22-6/h1-2,7H,(H,17,18,21). The third-order valence-electron chi connectivity index (χ3n) is 2.33. The summed E-state index contributed by atoms with van der Waals surface area (Å²) in [4.78, 5) is 3.18. The number of anilines is 1. The maximum absolute atomic E-state index is 12.7. The van der Waals surface area contributed by atoms with Gasteiger partial charge in [-0.05, 0) is 17.6 Å². The zero-order valence-corrected chi connectivity index (χ0v) is 12.5. The van der Waals surface area contributed by atoms with E-state index in [4.69, 9.17) is 23.8 Å². The molecule has 0 amide bonds. The first-order valence-electron chi connectivity index (χ1n) is 5.34. The van der Waals surface area contributed by atoms with Crippen LogP contribution in [0.5, 0.6) is 0 Å². The van der Waals surface area contributed by atoms with Crippen LogP contribution in [0.4, 0.5) is 27.8 Å². The quantitative estimate of drug-likeness (QED) is 0.640. The molecule has 118 valence electrons. The van der Waals surface area contributed by atoms with Crippen molar-refractivity contribution >= 4 is 46.2 Å². The largest absolute Gasteiger partial charge is 0.417 e. The lowest BCUT2D eigenvalue weighted by atomic mass is 10.2. The third kappa shape index (κ3) is 3.65. The van der Waals surface area contributed by atoms with Crippen molar-refractivity contribution in [2.45, 2.75) is 12.6 Å². The van der Waals surface area contributed by atoms with Crippen LogP contribution >= 0.6 is 35.4 Å². The van der Waals surface area contributed by atoms with Crippen molar-refractivity contribution in [2.75, 3.05) is 5.32 Å². The van der Waals surface area contributed by atoms with E-state index < -0.39 is 23.9 Å². The van der Waals surface area contributed by atoms with Gasteiger partial charge in [-0.3, -0.25) is 0 Å². The van der Waals surface area contributed by atoms with E-state index in [-0.39, 0.29) is 20.7 Å². The van der Waals surface area contributed by atoms with Crippen molar-refractivity contribution < 1.29 is 22.0 Å². The monoisotopic (exact) mass is 374 g/mol. The van der Waals surface area contributed by atoms with Gasteiger partial charge >= 0.3 is 6.18 Å². The summed E-state index contributed by atoms with van der Waals surface area (Å²) in [5, 5.41) is 5.29. The van der Waals surface area contributed by atoms with E-state index in [0.29, 0.717) is 23.8 Å². The van der Waals surface area contributed by atoms with Gasteiger partial charge in [-0.1, -0.05) is 28.3 Å². The fraction of sp³-hybridized carbons (Fsp3) is 0.200. The number of hydrogen-bond acceptors (Lipinski definition) is 5. The summed E-state index contributed by atoms with van der Waals surface area (Å²) in [6, 6.07) is 0.651. The highest BCUT2D eigenvalue weighted by Crippen LogP contribution is 2.33. The lowest BCUT2D eigenvalue weighted by molar-refractivity contribution is -0.137. The Hall–Kier alpha value is -1.46. The maximum Gasteiger partial charge on any atom is 0.417 e. The van der Waals surface area contributed by atoms with Crippen LogP contribution in [-0.2, 0) is 6.18 Å². The van der Waals surface area contributed by atoms with Crippen LogP contribution < -0.4 is 5.32 Å². The second kappa shape index (κ2) is 6.34. The van der Waals surface area contributed by atoms with Crippen LogP contribution in [0.1, 0.15) is 22.6 Å². The molecule has 2 rings (SSSR count). The van der Waals surface area contributed by atoms with E-state index in [2.05, 4.69) is 19.9 Å². The van der Waals surface area contributed by atoms with E-state index in [0.717, 1.165) is 0 Å². The van der Waals surface area contributed by atoms with Gasteiger partial charge in [0.2, 0.25) is 0 Å². The number of rotatable bonds is 3. The van der Waals surface area contributed by atoms with Crippen molar-refractivity contribution in [2.24, 2.45) is 0 Å². The highest BCUT2D eigenvalue weighted by atomic mass is 35.5. The van der Waals surface area contributed by atoms with Crippen molar-refractivity contribution in [1.29, 1.82) is 0 Å². The SMILES string of the molecule is FC(F)c1nnsc1C(=S)Nc1ncc(C(F)(F)F)cc1Cl. The first kappa shape index (κ1) is 16.9. The molecule has 0 aliphatic rings. The molecule has 12 heteroatoms. The Morgan fingerprint density at radius 1 is 1.36 bits per heavy atom. The van der Waals surface area contributed by atoms with Gasteiger partial charge in [0.05, 0.1) is 10.6 Å². The summed E-state index contributed by atoms with van der Waals surface area (Å²) in [5.41, 5.74) is -1.66. The van der Waals surface area contributed by atoms with Crippen LogP contribution in [0.3, 0.4) is 0 Å². The van der Waals surface area contributed by atoms with Crippen LogP contribution in [-0.4, -0.2) is 19.6 Å². The minimum atomic E-state index is -4.60. The molecule has 0 aliphatic heterocycles. The Bertz CT molecular complexity index is 703. The molecule has 4 nitrogen and oxygen atoms in total. The fourth-order valence-corrected chi connectivity index (χ4v) is 2.44. The van der Waals surface area contributed by atoms with Crippen LogP contribution in [0.2, 0.25) is 5.02 Å². The molecule has 0 fully saturated rings. The average molecular weight is 375 g/mol. The number of nitrogens with zero attached hydrogens (tertiary/aromatic N) is 3. The molecule has 0 unspecified atom stereocenters. The second-order valence-corrected chi connectivity index (χ2v) is 5.36. The summed E-state index contributed by atoms with van der Waals surface area (Å²) in [6.45, 7) is 0. The van der Waals surface area contributed by atoms with E-state index in [9.17, 15) is 22.0 Å². The highest BCUT2D eigenvalue weighted by Gasteiger charge is 2.31. The van der Waals surface area contributed by atoms with Gasteiger partial charge in [-0.15, -0.1) is 5.10 Å². The molecule has 0 saturated heterocycles. The lowest BCUT2D eigenvalue weighted by Gasteiger charge is -2.11. The second-order valence-electron chi connectivity index (χ2n) is 3.79. The van der Waals surface area contributed by atoms with Crippen molar-refractivity contribution in [3.8, 4) is 0 Å². The van der Waals surface area contributed by atoms with Gasteiger partial charge in [0, 0.05) is 6.20 Å². The van der Waals surface area contributed by atoms with E-state index in [1.807, 2.05) is 0 Å².